The summed E-state index contributed by atoms with van der Waals surface area (Å²) in [6, 6.07) is 10.4. The van der Waals surface area contributed by atoms with Crippen LogP contribution >= 0.6 is 23.1 Å². The molecule has 1 aromatic carbocycles. The van der Waals surface area contributed by atoms with Gasteiger partial charge in [0, 0.05) is 11.4 Å². The molecule has 0 aliphatic carbocycles. The molecule has 3 aromatic rings. The summed E-state index contributed by atoms with van der Waals surface area (Å²) < 4.78 is 0.918. The van der Waals surface area contributed by atoms with E-state index in [1.165, 1.54) is 5.56 Å². The molecule has 0 saturated heterocycles. The Balaban J connectivity index is 2.04. The second-order valence-electron chi connectivity index (χ2n) is 5.02. The number of para-hydroxylation sites is 1. The molecule has 0 bridgehead atoms. The second-order valence-corrected chi connectivity index (χ2v) is 7.43. The topological polar surface area (TPSA) is 64.7 Å². The predicted octanol–water partition coefficient (Wildman–Crippen LogP) is 3.44. The quantitative estimate of drug-likeness (QED) is 0.799. The number of aryl methyl sites for hydroxylation is 1. The van der Waals surface area contributed by atoms with Crippen LogP contribution in [0, 0.1) is 6.92 Å². The maximum atomic E-state index is 5.97. The molecule has 108 valence electrons. The van der Waals surface area contributed by atoms with Gasteiger partial charge in [0.25, 0.3) is 0 Å². The number of hydrogen-bond donors (Lipinski definition) is 1. The van der Waals surface area contributed by atoms with Crippen molar-refractivity contribution in [3.63, 3.8) is 0 Å². The highest BCUT2D eigenvalue weighted by Crippen LogP contribution is 2.33. The fourth-order valence-corrected chi connectivity index (χ4v) is 3.97. The molecule has 0 amide bonds. The van der Waals surface area contributed by atoms with E-state index in [2.05, 4.69) is 22.3 Å². The molecule has 0 fully saturated rings. The first-order chi connectivity index (χ1) is 10.1. The summed E-state index contributed by atoms with van der Waals surface area (Å²) in [5.41, 5.74) is 8.14. The molecular formula is C15H16N4S2. The molecule has 4 nitrogen and oxygen atoms in total. The molecule has 3 rings (SSSR count). The van der Waals surface area contributed by atoms with Gasteiger partial charge in [-0.3, -0.25) is 0 Å². The Kier molecular flexibility index (Phi) is 4.19. The minimum atomic E-state index is 0.100. The summed E-state index contributed by atoms with van der Waals surface area (Å²) in [5.74, 6) is 0. The standard InChI is InChI=1S/C15H16N4S2/c1-9(16)7-12-8-11-5-3-4-6-13(11)17-14(12)21-15-19-18-10(2)20-15/h3-6,8-9H,7,16H2,1-2H3. The zero-order chi connectivity index (χ0) is 14.8. The fourth-order valence-electron chi connectivity index (χ4n) is 2.13. The van der Waals surface area contributed by atoms with Gasteiger partial charge in [-0.1, -0.05) is 29.5 Å². The van der Waals surface area contributed by atoms with Crippen LogP contribution in [0.4, 0.5) is 0 Å². The highest BCUT2D eigenvalue weighted by atomic mass is 32.2. The van der Waals surface area contributed by atoms with Gasteiger partial charge in [-0.05, 0) is 49.7 Å². The predicted molar refractivity (Wildman–Crippen MR) is 87.9 cm³/mol. The summed E-state index contributed by atoms with van der Waals surface area (Å²) in [4.78, 5) is 4.78. The molecule has 1 unspecified atom stereocenters. The van der Waals surface area contributed by atoms with E-state index in [0.29, 0.717) is 0 Å². The lowest BCUT2D eigenvalue weighted by molar-refractivity contribution is 0.724. The molecule has 0 aliphatic heterocycles. The number of nitrogens with two attached hydrogens (primary N) is 1. The minimum absolute atomic E-state index is 0.100. The van der Waals surface area contributed by atoms with E-state index >= 15 is 0 Å². The number of fused-ring (bicyclic) bond motifs is 1. The van der Waals surface area contributed by atoms with E-state index in [0.717, 1.165) is 31.7 Å². The van der Waals surface area contributed by atoms with Gasteiger partial charge in [-0.2, -0.15) is 0 Å². The Labute approximate surface area is 131 Å². The number of benzene rings is 1. The van der Waals surface area contributed by atoms with Gasteiger partial charge in [0.1, 0.15) is 10.0 Å². The summed E-state index contributed by atoms with van der Waals surface area (Å²) in [7, 11) is 0. The van der Waals surface area contributed by atoms with Crippen molar-refractivity contribution in [2.45, 2.75) is 35.7 Å². The van der Waals surface area contributed by atoms with E-state index in [1.807, 2.05) is 32.0 Å². The highest BCUT2D eigenvalue weighted by Gasteiger charge is 2.12. The van der Waals surface area contributed by atoms with Gasteiger partial charge < -0.3 is 5.73 Å². The first-order valence-corrected chi connectivity index (χ1v) is 8.37. The third kappa shape index (κ3) is 3.40. The van der Waals surface area contributed by atoms with Gasteiger partial charge in [0.05, 0.1) is 5.52 Å². The third-order valence-corrected chi connectivity index (χ3v) is 4.93. The monoisotopic (exact) mass is 316 g/mol. The summed E-state index contributed by atoms with van der Waals surface area (Å²) in [6.45, 7) is 3.97. The maximum absolute atomic E-state index is 5.97. The molecule has 0 aliphatic rings. The molecular weight excluding hydrogens is 300 g/mol. The zero-order valence-corrected chi connectivity index (χ0v) is 13.5. The van der Waals surface area contributed by atoms with Crippen LogP contribution in [0.25, 0.3) is 10.9 Å². The van der Waals surface area contributed by atoms with Crippen molar-refractivity contribution >= 4 is 34.0 Å². The Bertz CT molecular complexity index is 767. The van der Waals surface area contributed by atoms with Crippen LogP contribution in [0.5, 0.6) is 0 Å². The summed E-state index contributed by atoms with van der Waals surface area (Å²) >= 11 is 3.16. The van der Waals surface area contributed by atoms with E-state index < -0.39 is 0 Å². The van der Waals surface area contributed by atoms with Crippen LogP contribution in [0.1, 0.15) is 17.5 Å². The van der Waals surface area contributed by atoms with Crippen LogP contribution in [0.2, 0.25) is 0 Å². The molecule has 0 radical (unpaired) electrons. The minimum Gasteiger partial charge on any atom is -0.328 e. The van der Waals surface area contributed by atoms with Crippen LogP contribution in [0.15, 0.2) is 39.7 Å². The Morgan fingerprint density at radius 1 is 1.29 bits per heavy atom. The van der Waals surface area contributed by atoms with Crippen LogP contribution in [-0.2, 0) is 6.42 Å². The van der Waals surface area contributed by atoms with Crippen molar-refractivity contribution in [1.29, 1.82) is 0 Å². The first kappa shape index (κ1) is 14.4. The number of hydrogen-bond acceptors (Lipinski definition) is 6. The third-order valence-electron chi connectivity index (χ3n) is 3.00. The van der Waals surface area contributed by atoms with Gasteiger partial charge in [-0.15, -0.1) is 10.2 Å². The second kappa shape index (κ2) is 6.09. The normalized spacial score (nSPS) is 12.7. The number of rotatable bonds is 4. The number of nitrogens with zero attached hydrogens (tertiary/aromatic N) is 3. The first-order valence-electron chi connectivity index (χ1n) is 6.74. The van der Waals surface area contributed by atoms with Crippen molar-refractivity contribution in [2.24, 2.45) is 5.73 Å². The highest BCUT2D eigenvalue weighted by molar-refractivity contribution is 8.01. The summed E-state index contributed by atoms with van der Waals surface area (Å²) in [6.07, 6.45) is 0.804. The van der Waals surface area contributed by atoms with Crippen molar-refractivity contribution in [1.82, 2.24) is 15.2 Å². The van der Waals surface area contributed by atoms with Gasteiger partial charge in [-0.25, -0.2) is 4.98 Å². The molecule has 1 atom stereocenters. The van der Waals surface area contributed by atoms with E-state index in [1.54, 1.807) is 23.1 Å². The molecule has 2 aromatic heterocycles. The molecule has 2 N–H and O–H groups in total. The lowest BCUT2D eigenvalue weighted by Gasteiger charge is -2.11. The number of aromatic nitrogens is 3. The molecule has 21 heavy (non-hydrogen) atoms. The van der Waals surface area contributed by atoms with Gasteiger partial charge in [0.15, 0.2) is 4.34 Å². The van der Waals surface area contributed by atoms with Crippen LogP contribution in [-0.4, -0.2) is 21.2 Å². The lowest BCUT2D eigenvalue weighted by atomic mass is 10.1. The zero-order valence-electron chi connectivity index (χ0n) is 11.9. The Hall–Kier alpha value is -1.50. The molecule has 0 saturated carbocycles. The van der Waals surface area contributed by atoms with Crippen molar-refractivity contribution in [3.8, 4) is 0 Å². The van der Waals surface area contributed by atoms with Crippen molar-refractivity contribution < 1.29 is 0 Å². The smallest absolute Gasteiger partial charge is 0.180 e. The average Bonchev–Trinajstić information content (AvgIpc) is 2.84. The molecule has 2 heterocycles. The lowest BCUT2D eigenvalue weighted by Crippen LogP contribution is -2.18. The summed E-state index contributed by atoms with van der Waals surface area (Å²) in [5, 5.41) is 11.3. The Morgan fingerprint density at radius 2 is 2.10 bits per heavy atom. The number of pyridine rings is 1. The van der Waals surface area contributed by atoms with Crippen molar-refractivity contribution in [2.75, 3.05) is 0 Å². The maximum Gasteiger partial charge on any atom is 0.180 e. The SMILES string of the molecule is Cc1nnc(Sc2nc3ccccc3cc2CC(C)N)s1. The van der Waals surface area contributed by atoms with E-state index in [-0.39, 0.29) is 6.04 Å². The Morgan fingerprint density at radius 3 is 2.81 bits per heavy atom. The van der Waals surface area contributed by atoms with Gasteiger partial charge in [0.2, 0.25) is 0 Å². The average molecular weight is 316 g/mol. The fraction of sp³-hybridized carbons (Fsp3) is 0.267. The van der Waals surface area contributed by atoms with E-state index in [4.69, 9.17) is 10.7 Å². The van der Waals surface area contributed by atoms with E-state index in [9.17, 15) is 0 Å². The van der Waals surface area contributed by atoms with Crippen LogP contribution < -0.4 is 5.73 Å². The molecule has 6 heteroatoms. The largest absolute Gasteiger partial charge is 0.328 e. The van der Waals surface area contributed by atoms with Crippen molar-refractivity contribution in [3.05, 3.63) is 40.9 Å². The molecule has 0 spiro atoms. The van der Waals surface area contributed by atoms with Gasteiger partial charge >= 0.3 is 0 Å². The van der Waals surface area contributed by atoms with Crippen LogP contribution in [0.3, 0.4) is 0 Å².